The van der Waals surface area contributed by atoms with Gasteiger partial charge < -0.3 is 10.2 Å². The first kappa shape index (κ1) is 19.8. The van der Waals surface area contributed by atoms with Crippen molar-refractivity contribution in [1.29, 1.82) is 5.26 Å². The van der Waals surface area contributed by atoms with E-state index >= 15 is 0 Å². The molecule has 1 amide bonds. The topological polar surface area (TPSA) is 69.0 Å². The number of likely N-dealkylation sites (N-methyl/N-ethyl adjacent to an activating group) is 1. The molecule has 0 bridgehead atoms. The monoisotopic (exact) mass is 368 g/mol. The van der Waals surface area contributed by atoms with Crippen LogP contribution in [0.1, 0.15) is 22.4 Å². The van der Waals surface area contributed by atoms with Crippen molar-refractivity contribution in [1.82, 2.24) is 10.3 Å². The first-order valence-corrected chi connectivity index (χ1v) is 9.46. The number of para-hydroxylation sites is 1. The van der Waals surface area contributed by atoms with E-state index in [1.54, 1.807) is 0 Å². The van der Waals surface area contributed by atoms with Crippen molar-refractivity contribution in [3.63, 3.8) is 0 Å². The maximum atomic E-state index is 12.1. The first-order chi connectivity index (χ1) is 12.4. The molecule has 0 aliphatic rings. The van der Waals surface area contributed by atoms with Crippen LogP contribution in [0.2, 0.25) is 0 Å². The molecular formula is C20H24N4OS. The van der Waals surface area contributed by atoms with E-state index in [9.17, 15) is 10.1 Å². The van der Waals surface area contributed by atoms with Crippen LogP contribution in [0.3, 0.4) is 0 Å². The Morgan fingerprint density at radius 3 is 2.58 bits per heavy atom. The van der Waals surface area contributed by atoms with Gasteiger partial charge in [0, 0.05) is 31.5 Å². The average Bonchev–Trinajstić information content (AvgIpc) is 2.65. The molecule has 1 N–H and O–H groups in total. The predicted octanol–water partition coefficient (Wildman–Crippen LogP) is 3.22. The molecule has 2 rings (SSSR count). The Balaban J connectivity index is 1.85. The highest BCUT2D eigenvalue weighted by molar-refractivity contribution is 8.00. The molecule has 0 saturated carbocycles. The molecule has 0 aliphatic heterocycles. The van der Waals surface area contributed by atoms with Crippen LogP contribution in [0.5, 0.6) is 0 Å². The van der Waals surface area contributed by atoms with E-state index in [-0.39, 0.29) is 11.7 Å². The van der Waals surface area contributed by atoms with Crippen LogP contribution < -0.4 is 10.2 Å². The summed E-state index contributed by atoms with van der Waals surface area (Å²) in [6.45, 7) is 7.10. The van der Waals surface area contributed by atoms with Gasteiger partial charge in [0.2, 0.25) is 5.91 Å². The van der Waals surface area contributed by atoms with Crippen LogP contribution in [-0.2, 0) is 4.79 Å². The maximum absolute atomic E-state index is 12.1. The van der Waals surface area contributed by atoms with E-state index in [1.165, 1.54) is 11.8 Å². The molecule has 0 radical (unpaired) electrons. The summed E-state index contributed by atoms with van der Waals surface area (Å²) in [5.74, 6) is 0.191. The number of rotatable bonds is 7. The lowest BCUT2D eigenvalue weighted by atomic mass is 10.1. The minimum Gasteiger partial charge on any atom is -0.373 e. The number of benzene rings is 1. The zero-order valence-corrected chi connectivity index (χ0v) is 16.5. The quantitative estimate of drug-likeness (QED) is 0.760. The normalized spacial score (nSPS) is 10.3. The summed E-state index contributed by atoms with van der Waals surface area (Å²) >= 11 is 1.31. The Labute approximate surface area is 159 Å². The molecule has 6 heteroatoms. The fraction of sp³-hybridized carbons (Fsp3) is 0.350. The highest BCUT2D eigenvalue weighted by Crippen LogP contribution is 2.26. The molecule has 0 aliphatic carbocycles. The average molecular weight is 369 g/mol. The Morgan fingerprint density at radius 1 is 1.23 bits per heavy atom. The summed E-state index contributed by atoms with van der Waals surface area (Å²) in [7, 11) is 2.00. The van der Waals surface area contributed by atoms with Gasteiger partial charge in [-0.15, -0.1) is 0 Å². The van der Waals surface area contributed by atoms with Crippen LogP contribution in [-0.4, -0.2) is 36.8 Å². The second kappa shape index (κ2) is 9.25. The number of nitriles is 1. The fourth-order valence-corrected chi connectivity index (χ4v) is 3.42. The number of amides is 1. The second-order valence-electron chi connectivity index (χ2n) is 6.13. The highest BCUT2D eigenvalue weighted by atomic mass is 32.2. The summed E-state index contributed by atoms with van der Waals surface area (Å²) in [6, 6.07) is 12.2. The van der Waals surface area contributed by atoms with Crippen LogP contribution >= 0.6 is 11.8 Å². The van der Waals surface area contributed by atoms with Gasteiger partial charge in [-0.2, -0.15) is 5.26 Å². The van der Waals surface area contributed by atoms with Gasteiger partial charge in [-0.25, -0.2) is 4.98 Å². The van der Waals surface area contributed by atoms with Crippen molar-refractivity contribution in [2.24, 2.45) is 0 Å². The smallest absolute Gasteiger partial charge is 0.230 e. The maximum Gasteiger partial charge on any atom is 0.230 e. The molecular weight excluding hydrogens is 344 g/mol. The third-order valence-electron chi connectivity index (χ3n) is 4.38. The van der Waals surface area contributed by atoms with E-state index in [0.717, 1.165) is 29.1 Å². The van der Waals surface area contributed by atoms with Crippen LogP contribution in [0, 0.1) is 32.1 Å². The SMILES string of the molecule is Cc1nc(SCC(=O)NCCN(C)c2ccccc2)c(C#N)c(C)c1C. The number of pyridine rings is 1. The molecule has 136 valence electrons. The predicted molar refractivity (Wildman–Crippen MR) is 107 cm³/mol. The molecule has 1 aromatic carbocycles. The summed E-state index contributed by atoms with van der Waals surface area (Å²) in [5, 5.41) is 12.9. The van der Waals surface area contributed by atoms with E-state index < -0.39 is 0 Å². The number of hydrogen-bond acceptors (Lipinski definition) is 5. The molecule has 0 unspecified atom stereocenters. The Morgan fingerprint density at radius 2 is 1.92 bits per heavy atom. The molecule has 0 spiro atoms. The van der Waals surface area contributed by atoms with Crippen molar-refractivity contribution in [2.45, 2.75) is 25.8 Å². The van der Waals surface area contributed by atoms with Crippen LogP contribution in [0.15, 0.2) is 35.4 Å². The number of anilines is 1. The molecule has 2 aromatic rings. The standard InChI is InChI=1S/C20H24N4OS/c1-14-15(2)18(12-21)20(23-16(14)3)26-13-19(25)22-10-11-24(4)17-8-6-5-7-9-17/h5-9H,10-11,13H2,1-4H3,(H,22,25). The number of thioether (sulfide) groups is 1. The van der Waals surface area contributed by atoms with E-state index in [4.69, 9.17) is 0 Å². The zero-order chi connectivity index (χ0) is 19.1. The molecule has 5 nitrogen and oxygen atoms in total. The minimum atomic E-state index is -0.0574. The number of carbonyl (C=O) groups is 1. The third-order valence-corrected chi connectivity index (χ3v) is 5.36. The van der Waals surface area contributed by atoms with Crippen molar-refractivity contribution in [2.75, 3.05) is 30.8 Å². The summed E-state index contributed by atoms with van der Waals surface area (Å²) < 4.78 is 0. The number of aromatic nitrogens is 1. The lowest BCUT2D eigenvalue weighted by molar-refractivity contribution is -0.118. The molecule has 1 aromatic heterocycles. The van der Waals surface area contributed by atoms with Gasteiger partial charge in [-0.3, -0.25) is 4.79 Å². The van der Waals surface area contributed by atoms with Crippen LogP contribution in [0.4, 0.5) is 5.69 Å². The summed E-state index contributed by atoms with van der Waals surface area (Å²) in [4.78, 5) is 18.7. The number of carbonyl (C=O) groups excluding carboxylic acids is 1. The van der Waals surface area contributed by atoms with Crippen LogP contribution in [0.25, 0.3) is 0 Å². The molecule has 1 heterocycles. The van der Waals surface area contributed by atoms with Crippen molar-refractivity contribution in [3.8, 4) is 6.07 Å². The number of nitrogens with one attached hydrogen (secondary N) is 1. The van der Waals surface area contributed by atoms with Gasteiger partial charge in [0.15, 0.2) is 0 Å². The molecule has 0 atom stereocenters. The van der Waals surface area contributed by atoms with Gasteiger partial charge in [0.1, 0.15) is 11.1 Å². The van der Waals surface area contributed by atoms with Gasteiger partial charge >= 0.3 is 0 Å². The largest absolute Gasteiger partial charge is 0.373 e. The third kappa shape index (κ3) is 4.99. The van der Waals surface area contributed by atoms with E-state index in [2.05, 4.69) is 21.3 Å². The molecule has 0 fully saturated rings. The Hall–Kier alpha value is -2.52. The van der Waals surface area contributed by atoms with Crippen molar-refractivity contribution in [3.05, 3.63) is 52.7 Å². The zero-order valence-electron chi connectivity index (χ0n) is 15.7. The first-order valence-electron chi connectivity index (χ1n) is 8.47. The minimum absolute atomic E-state index is 0.0574. The molecule has 26 heavy (non-hydrogen) atoms. The van der Waals surface area contributed by atoms with Gasteiger partial charge in [-0.1, -0.05) is 30.0 Å². The fourth-order valence-electron chi connectivity index (χ4n) is 2.51. The Bertz CT molecular complexity index is 815. The lowest BCUT2D eigenvalue weighted by Gasteiger charge is -2.19. The lowest BCUT2D eigenvalue weighted by Crippen LogP contribution is -2.33. The highest BCUT2D eigenvalue weighted by Gasteiger charge is 2.14. The molecule has 0 saturated heterocycles. The number of hydrogen-bond donors (Lipinski definition) is 1. The van der Waals surface area contributed by atoms with Gasteiger partial charge in [-0.05, 0) is 44.0 Å². The van der Waals surface area contributed by atoms with E-state index in [0.29, 0.717) is 17.1 Å². The number of aryl methyl sites for hydroxylation is 1. The van der Waals surface area contributed by atoms with Gasteiger partial charge in [0.05, 0.1) is 11.3 Å². The van der Waals surface area contributed by atoms with Crippen molar-refractivity contribution >= 4 is 23.4 Å². The second-order valence-corrected chi connectivity index (χ2v) is 7.10. The van der Waals surface area contributed by atoms with Crippen molar-refractivity contribution < 1.29 is 4.79 Å². The number of nitrogens with zero attached hydrogens (tertiary/aromatic N) is 3. The van der Waals surface area contributed by atoms with Gasteiger partial charge in [0.25, 0.3) is 0 Å². The van der Waals surface area contributed by atoms with E-state index in [1.807, 2.05) is 58.2 Å². The Kier molecular flexibility index (Phi) is 7.05. The summed E-state index contributed by atoms with van der Waals surface area (Å²) in [5.41, 5.74) is 4.54. The summed E-state index contributed by atoms with van der Waals surface area (Å²) in [6.07, 6.45) is 0.